The molecule has 2 N–H and O–H groups in total. The van der Waals surface area contributed by atoms with Gasteiger partial charge in [0, 0.05) is 43.7 Å². The Morgan fingerprint density at radius 2 is 1.91 bits per heavy atom. The summed E-state index contributed by atoms with van der Waals surface area (Å²) in [6, 6.07) is 11.3. The number of carbonyl (C=O) groups is 1. The van der Waals surface area contributed by atoms with Crippen LogP contribution in [0, 0.1) is 0 Å². The van der Waals surface area contributed by atoms with Gasteiger partial charge in [-0.2, -0.15) is 17.0 Å². The van der Waals surface area contributed by atoms with Gasteiger partial charge in [-0.3, -0.25) is 4.79 Å². The van der Waals surface area contributed by atoms with Crippen molar-refractivity contribution in [3.05, 3.63) is 53.4 Å². The Balaban J connectivity index is 1.30. The number of hydrogen-bond acceptors (Lipinski definition) is 6. The molecular weight excluding hydrogens is 466 g/mol. The van der Waals surface area contributed by atoms with Gasteiger partial charge in [0.2, 0.25) is 0 Å². The first-order valence-corrected chi connectivity index (χ1v) is 14.1. The quantitative estimate of drug-likeness (QED) is 0.575. The molecule has 1 aromatic carbocycles. The summed E-state index contributed by atoms with van der Waals surface area (Å²) in [5.74, 6) is 0.913. The maximum Gasteiger partial charge on any atom is 0.282 e. The minimum atomic E-state index is -3.64. The summed E-state index contributed by atoms with van der Waals surface area (Å²) >= 11 is 0. The van der Waals surface area contributed by atoms with E-state index in [4.69, 9.17) is 4.52 Å². The fourth-order valence-corrected chi connectivity index (χ4v) is 7.07. The summed E-state index contributed by atoms with van der Waals surface area (Å²) in [5.41, 5.74) is 1.38. The summed E-state index contributed by atoms with van der Waals surface area (Å²) in [6.45, 7) is 2.03. The molecule has 0 bridgehead atoms. The Kier molecular flexibility index (Phi) is 7.24. The minimum Gasteiger partial charge on any atom is -0.360 e. The summed E-state index contributed by atoms with van der Waals surface area (Å²) in [5, 5.41) is 10.3. The number of benzene rings is 1. The molecule has 2 aliphatic heterocycles. The lowest BCUT2D eigenvalue weighted by Crippen LogP contribution is -2.57. The molecule has 3 aliphatic rings. The van der Waals surface area contributed by atoms with Gasteiger partial charge in [-0.05, 0) is 63.6 Å². The first kappa shape index (κ1) is 24.4. The third-order valence-corrected chi connectivity index (χ3v) is 9.63. The fraction of sp³-hybridized carbons (Fsp3) is 0.600. The summed E-state index contributed by atoms with van der Waals surface area (Å²) in [7, 11) is -1.93. The molecule has 35 heavy (non-hydrogen) atoms. The molecule has 2 atom stereocenters. The molecule has 190 valence electrons. The number of nitrogens with one attached hydrogen (secondary N) is 2. The third kappa shape index (κ3) is 5.61. The van der Waals surface area contributed by atoms with E-state index < -0.39 is 10.2 Å². The standard InChI is InChI=1S/C25H35N5O4S/c1-29(21-9-12-26-13-10-21)35(32,33)30-14-11-20(16-22(30)15-18-5-3-2-4-6-18)27-25(31)23-17-24(34-28-23)19-7-8-19/h2-6,17,19-22,26H,7-16H2,1H3,(H,27,31)/t20-,22-/m1/s1. The highest BCUT2D eigenvalue weighted by atomic mass is 32.2. The SMILES string of the molecule is CN(C1CCNCC1)S(=O)(=O)N1CC[C@@H](NC(=O)c2cc(C3CC3)on2)C[C@H]1Cc1ccccc1. The van der Waals surface area contributed by atoms with Crippen molar-refractivity contribution in [1.29, 1.82) is 0 Å². The average molecular weight is 502 g/mol. The zero-order chi connectivity index (χ0) is 24.4. The number of amides is 1. The maximum absolute atomic E-state index is 13.7. The Bertz CT molecular complexity index is 1110. The zero-order valence-electron chi connectivity index (χ0n) is 20.2. The highest BCUT2D eigenvalue weighted by molar-refractivity contribution is 7.86. The minimum absolute atomic E-state index is 0.00359. The van der Waals surface area contributed by atoms with Crippen molar-refractivity contribution in [3.63, 3.8) is 0 Å². The highest BCUT2D eigenvalue weighted by Gasteiger charge is 2.41. The van der Waals surface area contributed by atoms with Gasteiger partial charge in [0.1, 0.15) is 5.76 Å². The lowest BCUT2D eigenvalue weighted by atomic mass is 9.94. The molecule has 2 aromatic rings. The van der Waals surface area contributed by atoms with Crippen LogP contribution in [0.2, 0.25) is 0 Å². The van der Waals surface area contributed by atoms with Gasteiger partial charge < -0.3 is 15.2 Å². The van der Waals surface area contributed by atoms with E-state index in [0.29, 0.717) is 37.4 Å². The molecule has 0 spiro atoms. The van der Waals surface area contributed by atoms with Gasteiger partial charge in [0.15, 0.2) is 5.69 Å². The van der Waals surface area contributed by atoms with E-state index in [2.05, 4.69) is 15.8 Å². The Morgan fingerprint density at radius 1 is 1.17 bits per heavy atom. The van der Waals surface area contributed by atoms with Crippen molar-refractivity contribution in [3.8, 4) is 0 Å². The number of carbonyl (C=O) groups excluding carboxylic acids is 1. The molecule has 2 saturated heterocycles. The van der Waals surface area contributed by atoms with Crippen molar-refractivity contribution in [2.24, 2.45) is 0 Å². The molecule has 0 unspecified atom stereocenters. The monoisotopic (exact) mass is 501 g/mol. The van der Waals surface area contributed by atoms with Crippen LogP contribution in [-0.4, -0.2) is 72.9 Å². The van der Waals surface area contributed by atoms with Crippen molar-refractivity contribution in [2.45, 2.75) is 69.0 Å². The topological polar surface area (TPSA) is 108 Å². The number of rotatable bonds is 8. The van der Waals surface area contributed by atoms with Gasteiger partial charge >= 0.3 is 0 Å². The molecule has 3 heterocycles. The van der Waals surface area contributed by atoms with Gasteiger partial charge in [0.25, 0.3) is 16.1 Å². The second-order valence-electron chi connectivity index (χ2n) is 10.0. The summed E-state index contributed by atoms with van der Waals surface area (Å²) in [6.07, 6.45) is 5.49. The van der Waals surface area contributed by atoms with Gasteiger partial charge in [-0.1, -0.05) is 35.5 Å². The fourth-order valence-electron chi connectivity index (χ4n) is 5.28. The first-order valence-electron chi connectivity index (χ1n) is 12.7. The third-order valence-electron chi connectivity index (χ3n) is 7.54. The van der Waals surface area contributed by atoms with E-state index in [1.807, 2.05) is 30.3 Å². The van der Waals surface area contributed by atoms with Crippen LogP contribution in [-0.2, 0) is 16.6 Å². The average Bonchev–Trinajstić information content (AvgIpc) is 3.60. The van der Waals surface area contributed by atoms with Crippen molar-refractivity contribution >= 4 is 16.1 Å². The Morgan fingerprint density at radius 3 is 2.63 bits per heavy atom. The van der Waals surface area contributed by atoms with Crippen molar-refractivity contribution in [1.82, 2.24) is 24.4 Å². The number of aromatic nitrogens is 1. The highest BCUT2D eigenvalue weighted by Crippen LogP contribution is 2.40. The van der Waals surface area contributed by atoms with Crippen LogP contribution in [0.4, 0.5) is 0 Å². The van der Waals surface area contributed by atoms with Crippen LogP contribution >= 0.6 is 0 Å². The lowest BCUT2D eigenvalue weighted by molar-refractivity contribution is 0.0900. The van der Waals surface area contributed by atoms with Crippen LogP contribution in [0.3, 0.4) is 0 Å². The molecule has 3 fully saturated rings. The largest absolute Gasteiger partial charge is 0.360 e. The predicted molar refractivity (Wildman–Crippen MR) is 132 cm³/mol. The van der Waals surface area contributed by atoms with Crippen molar-refractivity contribution in [2.75, 3.05) is 26.7 Å². The molecule has 0 radical (unpaired) electrons. The number of hydrogen-bond donors (Lipinski definition) is 2. The van der Waals surface area contributed by atoms with Gasteiger partial charge in [0.05, 0.1) is 0 Å². The molecule has 1 saturated carbocycles. The van der Waals surface area contributed by atoms with E-state index >= 15 is 0 Å². The number of nitrogens with zero attached hydrogens (tertiary/aromatic N) is 3. The predicted octanol–water partition coefficient (Wildman–Crippen LogP) is 2.29. The van der Waals surface area contributed by atoms with E-state index in [1.165, 1.54) is 0 Å². The normalized spacial score (nSPS) is 24.5. The second-order valence-corrected chi connectivity index (χ2v) is 12.0. The lowest BCUT2D eigenvalue weighted by Gasteiger charge is -2.42. The van der Waals surface area contributed by atoms with Crippen LogP contribution in [0.1, 0.15) is 66.3 Å². The van der Waals surface area contributed by atoms with E-state index in [0.717, 1.165) is 50.1 Å². The van der Waals surface area contributed by atoms with E-state index in [-0.39, 0.29) is 24.0 Å². The van der Waals surface area contributed by atoms with Crippen LogP contribution in [0.5, 0.6) is 0 Å². The summed E-state index contributed by atoms with van der Waals surface area (Å²) < 4.78 is 36.0. The van der Waals surface area contributed by atoms with Gasteiger partial charge in [-0.25, -0.2) is 0 Å². The maximum atomic E-state index is 13.7. The van der Waals surface area contributed by atoms with Crippen LogP contribution < -0.4 is 10.6 Å². The molecule has 10 heteroatoms. The molecule has 1 amide bonds. The van der Waals surface area contributed by atoms with E-state index in [9.17, 15) is 13.2 Å². The molecule has 9 nitrogen and oxygen atoms in total. The van der Waals surface area contributed by atoms with Crippen molar-refractivity contribution < 1.29 is 17.7 Å². The second kappa shape index (κ2) is 10.4. The molecular formula is C25H35N5O4S. The van der Waals surface area contributed by atoms with Gasteiger partial charge in [-0.15, -0.1) is 0 Å². The van der Waals surface area contributed by atoms with Crippen LogP contribution in [0.15, 0.2) is 40.9 Å². The zero-order valence-corrected chi connectivity index (χ0v) is 21.0. The molecule has 1 aliphatic carbocycles. The number of piperidine rings is 2. The smallest absolute Gasteiger partial charge is 0.282 e. The molecule has 1 aromatic heterocycles. The van der Waals surface area contributed by atoms with E-state index in [1.54, 1.807) is 21.7 Å². The first-order chi connectivity index (χ1) is 16.9. The Hall–Kier alpha value is -2.27. The molecule has 5 rings (SSSR count). The van der Waals surface area contributed by atoms with Crippen LogP contribution in [0.25, 0.3) is 0 Å². The Labute approximate surface area is 207 Å². The summed E-state index contributed by atoms with van der Waals surface area (Å²) in [4.78, 5) is 12.8.